The number of para-hydroxylation sites is 1. The summed E-state index contributed by atoms with van der Waals surface area (Å²) in [6, 6.07) is 7.57. The maximum Gasteiger partial charge on any atom is 0.299 e. The molecule has 0 aliphatic heterocycles. The third-order valence-corrected chi connectivity index (χ3v) is 4.44. The highest BCUT2D eigenvalue weighted by molar-refractivity contribution is 7.89. The normalized spacial score (nSPS) is 11.9. The molecule has 9 heteroatoms. The molecule has 0 aliphatic rings. The number of furan rings is 1. The Morgan fingerprint density at radius 2 is 2.09 bits per heavy atom. The van der Waals surface area contributed by atoms with Crippen molar-refractivity contribution in [3.63, 3.8) is 0 Å². The average Bonchev–Trinajstić information content (AvgIpc) is 3.14. The summed E-state index contributed by atoms with van der Waals surface area (Å²) in [6.07, 6.45) is 1.32. The zero-order valence-corrected chi connectivity index (χ0v) is 12.3. The van der Waals surface area contributed by atoms with Crippen LogP contribution in [0.3, 0.4) is 0 Å². The molecule has 0 spiro atoms. The molecular weight excluding hydrogens is 308 g/mol. The summed E-state index contributed by atoms with van der Waals surface area (Å²) in [5, 5.41) is -0.331. The molecule has 1 aromatic carbocycles. The molecule has 3 N–H and O–H groups in total. The number of aromatic nitrogens is 2. The van der Waals surface area contributed by atoms with Crippen LogP contribution in [0.25, 0.3) is 11.0 Å². The largest absolute Gasteiger partial charge is 0.438 e. The minimum absolute atomic E-state index is 0.115. The van der Waals surface area contributed by atoms with Crippen molar-refractivity contribution in [3.8, 4) is 0 Å². The van der Waals surface area contributed by atoms with Gasteiger partial charge in [0, 0.05) is 0 Å². The highest BCUT2D eigenvalue weighted by Crippen LogP contribution is 2.21. The van der Waals surface area contributed by atoms with Gasteiger partial charge in [0.1, 0.15) is 11.8 Å². The average molecular weight is 320 g/mol. The first-order valence-corrected chi connectivity index (χ1v) is 7.72. The van der Waals surface area contributed by atoms with Crippen LogP contribution in [-0.2, 0) is 10.0 Å². The number of carbonyl (C=O) groups is 1. The van der Waals surface area contributed by atoms with Crippen molar-refractivity contribution in [2.45, 2.75) is 5.09 Å². The Kier molecular flexibility index (Phi) is 3.23. The van der Waals surface area contributed by atoms with Gasteiger partial charge in [-0.05, 0) is 31.3 Å². The van der Waals surface area contributed by atoms with Crippen molar-refractivity contribution in [1.29, 1.82) is 0 Å². The summed E-state index contributed by atoms with van der Waals surface area (Å²) in [5.41, 5.74) is 7.24. The number of hydrogen-bond donors (Lipinski definition) is 2. The van der Waals surface area contributed by atoms with E-state index in [0.29, 0.717) is 16.7 Å². The fourth-order valence-electron chi connectivity index (χ4n) is 2.02. The molecule has 0 saturated carbocycles. The molecule has 0 bridgehead atoms. The molecular formula is C13H12N4O4S. The molecule has 3 aromatic rings. The molecule has 0 amide bonds. The number of rotatable bonds is 3. The van der Waals surface area contributed by atoms with Gasteiger partial charge in [0.15, 0.2) is 5.76 Å². The van der Waals surface area contributed by atoms with Gasteiger partial charge in [0.05, 0.1) is 11.2 Å². The van der Waals surface area contributed by atoms with Crippen LogP contribution in [0, 0.1) is 0 Å². The van der Waals surface area contributed by atoms with Crippen LogP contribution in [-0.4, -0.2) is 30.9 Å². The highest BCUT2D eigenvalue weighted by Gasteiger charge is 2.21. The number of imidazole rings is 1. The molecule has 0 fully saturated rings. The van der Waals surface area contributed by atoms with E-state index in [0.717, 1.165) is 0 Å². The maximum atomic E-state index is 12.4. The van der Waals surface area contributed by atoms with Crippen molar-refractivity contribution >= 4 is 32.7 Å². The molecule has 114 valence electrons. The van der Waals surface area contributed by atoms with E-state index in [2.05, 4.69) is 9.71 Å². The summed E-state index contributed by atoms with van der Waals surface area (Å²) >= 11 is 0. The van der Waals surface area contributed by atoms with Crippen LogP contribution < -0.4 is 10.5 Å². The molecule has 2 heterocycles. The van der Waals surface area contributed by atoms with E-state index in [9.17, 15) is 13.2 Å². The van der Waals surface area contributed by atoms with E-state index >= 15 is 0 Å². The SMILES string of the molecule is CNS(=O)(=O)c1ccc(C(=O)n2cnc3c(N)cccc32)o1. The van der Waals surface area contributed by atoms with Crippen molar-refractivity contribution in [3.05, 3.63) is 42.4 Å². The minimum Gasteiger partial charge on any atom is -0.438 e. The van der Waals surface area contributed by atoms with Crippen LogP contribution in [0.15, 0.2) is 46.2 Å². The molecule has 22 heavy (non-hydrogen) atoms. The Morgan fingerprint density at radius 1 is 1.32 bits per heavy atom. The second-order valence-electron chi connectivity index (χ2n) is 4.46. The lowest BCUT2D eigenvalue weighted by Crippen LogP contribution is -2.18. The summed E-state index contributed by atoms with van der Waals surface area (Å²) in [7, 11) is -2.49. The number of benzene rings is 1. The fraction of sp³-hybridized carbons (Fsp3) is 0.0769. The molecule has 0 unspecified atom stereocenters. The van der Waals surface area contributed by atoms with E-state index in [1.54, 1.807) is 18.2 Å². The molecule has 2 aromatic heterocycles. The first-order chi connectivity index (χ1) is 10.4. The number of anilines is 1. The van der Waals surface area contributed by atoms with Crippen molar-refractivity contribution in [2.24, 2.45) is 0 Å². The molecule has 3 rings (SSSR count). The summed E-state index contributed by atoms with van der Waals surface area (Å²) < 4.78 is 31.7. The third kappa shape index (κ3) is 2.16. The van der Waals surface area contributed by atoms with Crippen LogP contribution in [0.1, 0.15) is 10.6 Å². The quantitative estimate of drug-likeness (QED) is 0.689. The van der Waals surface area contributed by atoms with E-state index in [1.807, 2.05) is 0 Å². The van der Waals surface area contributed by atoms with E-state index in [-0.39, 0.29) is 10.9 Å². The Bertz CT molecular complexity index is 971. The Morgan fingerprint density at radius 3 is 2.82 bits per heavy atom. The monoisotopic (exact) mass is 320 g/mol. The standard InChI is InChI=1S/C13H12N4O4S/c1-15-22(19,20)11-6-5-10(21-11)13(18)17-7-16-12-8(14)3-2-4-9(12)17/h2-7,15H,14H2,1H3. The number of nitrogens with zero attached hydrogens (tertiary/aromatic N) is 2. The van der Waals surface area contributed by atoms with E-state index in [4.69, 9.17) is 10.2 Å². The summed E-state index contributed by atoms with van der Waals surface area (Å²) in [5.74, 6) is -0.652. The number of hydrogen-bond acceptors (Lipinski definition) is 6. The molecule has 0 saturated heterocycles. The second-order valence-corrected chi connectivity index (χ2v) is 6.28. The third-order valence-electron chi connectivity index (χ3n) is 3.15. The zero-order valence-electron chi connectivity index (χ0n) is 11.5. The van der Waals surface area contributed by atoms with Gasteiger partial charge in [-0.3, -0.25) is 9.36 Å². The van der Waals surface area contributed by atoms with Crippen LogP contribution in [0.2, 0.25) is 0 Å². The van der Waals surface area contributed by atoms with Crippen molar-refractivity contribution in [2.75, 3.05) is 12.8 Å². The van der Waals surface area contributed by atoms with Crippen molar-refractivity contribution in [1.82, 2.24) is 14.3 Å². The Balaban J connectivity index is 2.06. The first-order valence-electron chi connectivity index (χ1n) is 6.23. The number of nitrogens with two attached hydrogens (primary N) is 1. The molecule has 8 nitrogen and oxygen atoms in total. The van der Waals surface area contributed by atoms with Gasteiger partial charge in [0.2, 0.25) is 5.09 Å². The van der Waals surface area contributed by atoms with Gasteiger partial charge >= 0.3 is 0 Å². The van der Waals surface area contributed by atoms with E-state index < -0.39 is 15.9 Å². The molecule has 0 radical (unpaired) electrons. The Hall–Kier alpha value is -2.65. The topological polar surface area (TPSA) is 120 Å². The van der Waals surface area contributed by atoms with Gasteiger partial charge in [0.25, 0.3) is 15.9 Å². The number of nitrogen functional groups attached to an aromatic ring is 1. The lowest BCUT2D eigenvalue weighted by molar-refractivity contribution is 0.0931. The minimum atomic E-state index is -3.74. The predicted octanol–water partition coefficient (Wildman–Crippen LogP) is 0.808. The number of sulfonamides is 1. The molecule has 0 aliphatic carbocycles. The van der Waals surface area contributed by atoms with Gasteiger partial charge in [-0.2, -0.15) is 0 Å². The Labute approximate surface area is 125 Å². The van der Waals surface area contributed by atoms with Crippen LogP contribution in [0.4, 0.5) is 5.69 Å². The number of nitrogens with one attached hydrogen (secondary N) is 1. The first kappa shape index (κ1) is 14.3. The molecule has 0 atom stereocenters. The maximum absolute atomic E-state index is 12.4. The zero-order chi connectivity index (χ0) is 15.9. The predicted molar refractivity (Wildman–Crippen MR) is 78.8 cm³/mol. The summed E-state index contributed by atoms with van der Waals surface area (Å²) in [4.78, 5) is 16.5. The highest BCUT2D eigenvalue weighted by atomic mass is 32.2. The van der Waals surface area contributed by atoms with Crippen molar-refractivity contribution < 1.29 is 17.6 Å². The number of fused-ring (bicyclic) bond motifs is 1. The summed E-state index contributed by atoms with van der Waals surface area (Å²) in [6.45, 7) is 0. The lowest BCUT2D eigenvalue weighted by atomic mass is 10.2. The van der Waals surface area contributed by atoms with E-state index in [1.165, 1.54) is 30.1 Å². The van der Waals surface area contributed by atoms with Gasteiger partial charge in [-0.15, -0.1) is 0 Å². The smallest absolute Gasteiger partial charge is 0.299 e. The van der Waals surface area contributed by atoms with Crippen LogP contribution in [0.5, 0.6) is 0 Å². The fourth-order valence-corrected chi connectivity index (χ4v) is 2.67. The van der Waals surface area contributed by atoms with Crippen LogP contribution >= 0.6 is 0 Å². The van der Waals surface area contributed by atoms with Gasteiger partial charge in [-0.25, -0.2) is 18.1 Å². The van der Waals surface area contributed by atoms with Gasteiger partial charge < -0.3 is 10.2 Å². The second kappa shape index (κ2) is 4.97. The van der Waals surface area contributed by atoms with Gasteiger partial charge in [-0.1, -0.05) is 6.07 Å². The number of carbonyl (C=O) groups excluding carboxylic acids is 1. The lowest BCUT2D eigenvalue weighted by Gasteiger charge is -2.01.